The fourth-order valence-corrected chi connectivity index (χ4v) is 4.29. The number of nitrogens with one attached hydrogen (secondary N) is 1. The number of nitrogens with zero attached hydrogens (tertiary/aromatic N) is 2. The molecule has 1 heterocycles. The van der Waals surface area contributed by atoms with Gasteiger partial charge in [0.15, 0.2) is 0 Å². The van der Waals surface area contributed by atoms with Crippen LogP contribution in [0.15, 0.2) is 33.6 Å². The smallest absolute Gasteiger partial charge is 0.243 e. The molecule has 1 aliphatic rings. The van der Waals surface area contributed by atoms with Gasteiger partial charge < -0.3 is 10.2 Å². The predicted molar refractivity (Wildman–Crippen MR) is 102 cm³/mol. The molecule has 1 amide bonds. The minimum absolute atomic E-state index is 0.175. The average Bonchev–Trinajstić information content (AvgIpc) is 2.57. The van der Waals surface area contributed by atoms with Crippen molar-refractivity contribution in [2.45, 2.75) is 24.2 Å². The van der Waals surface area contributed by atoms with E-state index < -0.39 is 10.0 Å². The highest BCUT2D eigenvalue weighted by Crippen LogP contribution is 2.19. The zero-order valence-electron chi connectivity index (χ0n) is 14.7. The van der Waals surface area contributed by atoms with E-state index in [9.17, 15) is 13.2 Å². The third kappa shape index (κ3) is 6.06. The summed E-state index contributed by atoms with van der Waals surface area (Å²) in [6.45, 7) is 2.63. The Hall–Kier alpha value is -0.960. The summed E-state index contributed by atoms with van der Waals surface area (Å²) < 4.78 is 26.8. The molecule has 0 aliphatic carbocycles. The van der Waals surface area contributed by atoms with Crippen LogP contribution in [0.25, 0.3) is 0 Å². The fourth-order valence-electron chi connectivity index (χ4n) is 2.90. The highest BCUT2D eigenvalue weighted by Gasteiger charge is 2.23. The maximum Gasteiger partial charge on any atom is 0.243 e. The number of sulfonamides is 1. The van der Waals surface area contributed by atoms with E-state index in [2.05, 4.69) is 33.2 Å². The van der Waals surface area contributed by atoms with Crippen molar-refractivity contribution in [1.82, 2.24) is 14.5 Å². The van der Waals surface area contributed by atoms with E-state index in [0.717, 1.165) is 41.1 Å². The molecule has 1 aromatic rings. The monoisotopic (exact) mass is 431 g/mol. The van der Waals surface area contributed by atoms with Crippen LogP contribution < -0.4 is 5.32 Å². The summed E-state index contributed by atoms with van der Waals surface area (Å²) in [5, 5.41) is 2.84. The van der Waals surface area contributed by atoms with Gasteiger partial charge in [-0.25, -0.2) is 8.42 Å². The zero-order chi connectivity index (χ0) is 18.4. The summed E-state index contributed by atoms with van der Waals surface area (Å²) in [7, 11) is -0.107. The molecule has 0 saturated carbocycles. The number of benzene rings is 1. The Labute approximate surface area is 158 Å². The van der Waals surface area contributed by atoms with Gasteiger partial charge in [-0.3, -0.25) is 4.79 Å². The van der Waals surface area contributed by atoms with E-state index in [0.29, 0.717) is 12.5 Å². The molecule has 1 saturated heterocycles. The molecular formula is C17H26BrN3O3S. The second-order valence-electron chi connectivity index (χ2n) is 6.60. The van der Waals surface area contributed by atoms with Gasteiger partial charge in [0.05, 0.1) is 11.4 Å². The van der Waals surface area contributed by atoms with Crippen LogP contribution in [-0.4, -0.2) is 63.8 Å². The van der Waals surface area contributed by atoms with Crippen LogP contribution in [0.3, 0.4) is 0 Å². The molecule has 0 radical (unpaired) electrons. The highest BCUT2D eigenvalue weighted by molar-refractivity contribution is 9.10. The van der Waals surface area contributed by atoms with Crippen molar-refractivity contribution in [1.29, 1.82) is 0 Å². The first kappa shape index (κ1) is 20.4. The van der Waals surface area contributed by atoms with Gasteiger partial charge in [0, 0.05) is 18.1 Å². The van der Waals surface area contributed by atoms with Crippen molar-refractivity contribution in [2.75, 3.05) is 40.3 Å². The van der Waals surface area contributed by atoms with Crippen molar-refractivity contribution in [3.05, 3.63) is 28.7 Å². The van der Waals surface area contributed by atoms with Crippen LogP contribution in [0.4, 0.5) is 0 Å². The van der Waals surface area contributed by atoms with Gasteiger partial charge in [0.1, 0.15) is 0 Å². The minimum atomic E-state index is -3.66. The lowest BCUT2D eigenvalue weighted by atomic mass is 9.94. The second-order valence-corrected chi connectivity index (χ2v) is 9.56. The summed E-state index contributed by atoms with van der Waals surface area (Å²) in [6.07, 6.45) is 3.26. The van der Waals surface area contributed by atoms with E-state index in [-0.39, 0.29) is 17.3 Å². The van der Waals surface area contributed by atoms with Crippen molar-refractivity contribution in [3.8, 4) is 0 Å². The number of likely N-dealkylation sites (N-methyl/N-ethyl adjacent to an activating group) is 1. The van der Waals surface area contributed by atoms with Gasteiger partial charge in [-0.1, -0.05) is 15.9 Å². The van der Waals surface area contributed by atoms with Gasteiger partial charge in [0.25, 0.3) is 0 Å². The SMILES string of the molecule is CN1CCC(CCNC(=O)CN(C)S(=O)(=O)c2ccc(Br)cc2)CC1. The van der Waals surface area contributed by atoms with E-state index >= 15 is 0 Å². The number of rotatable bonds is 7. The van der Waals surface area contributed by atoms with E-state index in [1.54, 1.807) is 12.1 Å². The maximum atomic E-state index is 12.5. The zero-order valence-corrected chi connectivity index (χ0v) is 17.1. The molecule has 6 nitrogen and oxygen atoms in total. The number of hydrogen-bond donors (Lipinski definition) is 1. The molecule has 1 fully saturated rings. The normalized spacial score (nSPS) is 17.0. The number of hydrogen-bond acceptors (Lipinski definition) is 4. The largest absolute Gasteiger partial charge is 0.355 e. The lowest BCUT2D eigenvalue weighted by molar-refractivity contribution is -0.121. The number of amides is 1. The summed E-state index contributed by atoms with van der Waals surface area (Å²) >= 11 is 3.28. The van der Waals surface area contributed by atoms with Crippen LogP contribution in [0.2, 0.25) is 0 Å². The molecule has 0 unspecified atom stereocenters. The Morgan fingerprint density at radius 2 is 1.88 bits per heavy atom. The Kier molecular flexibility index (Phi) is 7.42. The third-order valence-electron chi connectivity index (χ3n) is 4.60. The van der Waals surface area contributed by atoms with Crippen LogP contribution in [0.1, 0.15) is 19.3 Å². The maximum absolute atomic E-state index is 12.5. The van der Waals surface area contributed by atoms with Gasteiger partial charge in [0.2, 0.25) is 15.9 Å². The third-order valence-corrected chi connectivity index (χ3v) is 6.95. The van der Waals surface area contributed by atoms with Gasteiger partial charge >= 0.3 is 0 Å². The lowest BCUT2D eigenvalue weighted by Crippen LogP contribution is -2.39. The molecule has 0 aromatic heterocycles. The van der Waals surface area contributed by atoms with Crippen LogP contribution >= 0.6 is 15.9 Å². The molecule has 0 bridgehead atoms. The van der Waals surface area contributed by atoms with Crippen LogP contribution in [0, 0.1) is 5.92 Å². The van der Waals surface area contributed by atoms with Gasteiger partial charge in [-0.15, -0.1) is 0 Å². The first-order valence-corrected chi connectivity index (χ1v) is 10.7. The summed E-state index contributed by atoms with van der Waals surface area (Å²) in [6, 6.07) is 6.38. The summed E-state index contributed by atoms with van der Waals surface area (Å²) in [5.41, 5.74) is 0. The summed E-state index contributed by atoms with van der Waals surface area (Å²) in [4.78, 5) is 14.5. The molecule has 1 aromatic carbocycles. The molecule has 140 valence electrons. The summed E-state index contributed by atoms with van der Waals surface area (Å²) in [5.74, 6) is 0.372. The molecular weight excluding hydrogens is 406 g/mol. The van der Waals surface area contributed by atoms with Crippen molar-refractivity contribution in [2.24, 2.45) is 5.92 Å². The van der Waals surface area contributed by atoms with Crippen LogP contribution in [0.5, 0.6) is 0 Å². The van der Waals surface area contributed by atoms with Crippen LogP contribution in [-0.2, 0) is 14.8 Å². The number of carbonyl (C=O) groups is 1. The first-order chi connectivity index (χ1) is 11.8. The first-order valence-electron chi connectivity index (χ1n) is 8.46. The minimum Gasteiger partial charge on any atom is -0.355 e. The Morgan fingerprint density at radius 3 is 2.48 bits per heavy atom. The molecule has 25 heavy (non-hydrogen) atoms. The van der Waals surface area contributed by atoms with Crippen molar-refractivity contribution < 1.29 is 13.2 Å². The Balaban J connectivity index is 1.78. The average molecular weight is 432 g/mol. The molecule has 1 aliphatic heterocycles. The van der Waals surface area contributed by atoms with Crippen molar-refractivity contribution >= 4 is 31.9 Å². The standard InChI is InChI=1S/C17H26BrN3O3S/c1-20-11-8-14(9-12-20)7-10-19-17(22)13-21(2)25(23,24)16-5-3-15(18)4-6-16/h3-6,14H,7-13H2,1-2H3,(H,19,22). The second kappa shape index (κ2) is 9.12. The van der Waals surface area contributed by atoms with Gasteiger partial charge in [-0.2, -0.15) is 4.31 Å². The number of likely N-dealkylation sites (tertiary alicyclic amines) is 1. The number of halogens is 1. The Bertz CT molecular complexity index is 671. The van der Waals surface area contributed by atoms with Gasteiger partial charge in [-0.05, 0) is 69.6 Å². The number of carbonyl (C=O) groups excluding carboxylic acids is 1. The topological polar surface area (TPSA) is 69.7 Å². The molecule has 0 atom stereocenters. The molecule has 2 rings (SSSR count). The Morgan fingerprint density at radius 1 is 1.28 bits per heavy atom. The lowest BCUT2D eigenvalue weighted by Gasteiger charge is -2.28. The quantitative estimate of drug-likeness (QED) is 0.715. The van der Waals surface area contributed by atoms with E-state index in [4.69, 9.17) is 0 Å². The van der Waals surface area contributed by atoms with E-state index in [1.807, 2.05) is 0 Å². The van der Waals surface area contributed by atoms with E-state index in [1.165, 1.54) is 19.2 Å². The highest BCUT2D eigenvalue weighted by atomic mass is 79.9. The molecule has 1 N–H and O–H groups in total. The molecule has 8 heteroatoms. The van der Waals surface area contributed by atoms with Crippen molar-refractivity contribution in [3.63, 3.8) is 0 Å². The fraction of sp³-hybridized carbons (Fsp3) is 0.588. The predicted octanol–water partition coefficient (Wildman–Crippen LogP) is 1.92. The number of piperidine rings is 1. The molecule has 0 spiro atoms.